The fourth-order valence-corrected chi connectivity index (χ4v) is 2.77. The van der Waals surface area contributed by atoms with Gasteiger partial charge in [0.2, 0.25) is 0 Å². The molecule has 0 saturated carbocycles. The van der Waals surface area contributed by atoms with Crippen LogP contribution in [0.1, 0.15) is 22.9 Å². The van der Waals surface area contributed by atoms with Crippen molar-refractivity contribution in [3.05, 3.63) is 57.3 Å². The van der Waals surface area contributed by atoms with Crippen LogP contribution < -0.4 is 10.6 Å². The molecule has 1 aromatic carbocycles. The Morgan fingerprint density at radius 2 is 2.00 bits per heavy atom. The van der Waals surface area contributed by atoms with Crippen molar-refractivity contribution in [1.82, 2.24) is 10.6 Å². The lowest BCUT2D eigenvalue weighted by molar-refractivity contribution is 0.585. The maximum atomic E-state index is 13.6. The molecule has 2 aromatic rings. The van der Waals surface area contributed by atoms with Crippen LogP contribution in [-0.2, 0) is 13.1 Å². The zero-order chi connectivity index (χ0) is 15.9. The summed E-state index contributed by atoms with van der Waals surface area (Å²) in [7, 11) is 0. The minimum Gasteiger partial charge on any atom is -0.357 e. The SMILES string of the molecule is CCNC(=NCc1cc(F)ccc1F)NCc1sccc1C.I. The van der Waals surface area contributed by atoms with Gasteiger partial charge in [0, 0.05) is 17.0 Å². The summed E-state index contributed by atoms with van der Waals surface area (Å²) in [6, 6.07) is 5.46. The third-order valence-electron chi connectivity index (χ3n) is 3.14. The maximum absolute atomic E-state index is 13.6. The number of hydrogen-bond acceptors (Lipinski definition) is 2. The van der Waals surface area contributed by atoms with Gasteiger partial charge in [0.15, 0.2) is 5.96 Å². The number of nitrogens with zero attached hydrogens (tertiary/aromatic N) is 1. The predicted octanol–water partition coefficient (Wildman–Crippen LogP) is 4.21. The molecular formula is C16H20F2IN3S. The minimum atomic E-state index is -0.459. The van der Waals surface area contributed by atoms with Crippen molar-refractivity contribution in [2.24, 2.45) is 4.99 Å². The van der Waals surface area contributed by atoms with E-state index < -0.39 is 11.6 Å². The average molecular weight is 451 g/mol. The number of guanidine groups is 1. The van der Waals surface area contributed by atoms with Gasteiger partial charge in [-0.05, 0) is 49.1 Å². The third-order valence-corrected chi connectivity index (χ3v) is 4.17. The van der Waals surface area contributed by atoms with Crippen molar-refractivity contribution in [3.63, 3.8) is 0 Å². The standard InChI is InChI=1S/C16H19F2N3S.HI/c1-3-19-16(21-10-15-11(2)6-7-22-15)20-9-12-8-13(17)4-5-14(12)18;/h4-8H,3,9-10H2,1-2H3,(H2,19,20,21);1H. The highest BCUT2D eigenvalue weighted by molar-refractivity contribution is 14.0. The summed E-state index contributed by atoms with van der Waals surface area (Å²) < 4.78 is 26.7. The van der Waals surface area contributed by atoms with Gasteiger partial charge in [-0.1, -0.05) is 0 Å². The lowest BCUT2D eigenvalue weighted by Crippen LogP contribution is -2.36. The summed E-state index contributed by atoms with van der Waals surface area (Å²) in [4.78, 5) is 5.53. The Morgan fingerprint density at radius 3 is 2.65 bits per heavy atom. The van der Waals surface area contributed by atoms with Crippen molar-refractivity contribution in [3.8, 4) is 0 Å². The first-order valence-corrected chi connectivity index (χ1v) is 7.97. The maximum Gasteiger partial charge on any atom is 0.191 e. The van der Waals surface area contributed by atoms with E-state index in [4.69, 9.17) is 0 Å². The lowest BCUT2D eigenvalue weighted by atomic mass is 10.2. The number of thiophene rings is 1. The van der Waals surface area contributed by atoms with E-state index in [0.29, 0.717) is 19.0 Å². The fraction of sp³-hybridized carbons (Fsp3) is 0.312. The van der Waals surface area contributed by atoms with Gasteiger partial charge in [0.05, 0.1) is 13.1 Å². The molecule has 23 heavy (non-hydrogen) atoms. The molecule has 0 bridgehead atoms. The van der Waals surface area contributed by atoms with Gasteiger partial charge < -0.3 is 10.6 Å². The summed E-state index contributed by atoms with van der Waals surface area (Å²) in [6.07, 6.45) is 0. The van der Waals surface area contributed by atoms with E-state index >= 15 is 0 Å². The Kier molecular flexibility index (Phi) is 8.46. The second-order valence-electron chi connectivity index (χ2n) is 4.81. The molecule has 0 aliphatic rings. The molecule has 0 unspecified atom stereocenters. The molecule has 3 nitrogen and oxygen atoms in total. The number of benzene rings is 1. The summed E-state index contributed by atoms with van der Waals surface area (Å²) in [5, 5.41) is 8.34. The largest absolute Gasteiger partial charge is 0.357 e. The number of halogens is 3. The molecule has 0 saturated heterocycles. The molecule has 7 heteroatoms. The fourth-order valence-electron chi connectivity index (χ4n) is 1.92. The normalized spacial score (nSPS) is 11.0. The first kappa shape index (κ1) is 19.8. The van der Waals surface area contributed by atoms with Gasteiger partial charge in [-0.15, -0.1) is 35.3 Å². The Morgan fingerprint density at radius 1 is 1.22 bits per heavy atom. The van der Waals surface area contributed by atoms with Crippen LogP contribution in [0.25, 0.3) is 0 Å². The van der Waals surface area contributed by atoms with Crippen LogP contribution >= 0.6 is 35.3 Å². The number of rotatable bonds is 5. The van der Waals surface area contributed by atoms with Crippen molar-refractivity contribution in [2.75, 3.05) is 6.54 Å². The molecule has 126 valence electrons. The lowest BCUT2D eigenvalue weighted by Gasteiger charge is -2.11. The molecule has 1 aromatic heterocycles. The van der Waals surface area contributed by atoms with Crippen molar-refractivity contribution < 1.29 is 8.78 Å². The number of nitrogens with one attached hydrogen (secondary N) is 2. The van der Waals surface area contributed by atoms with E-state index in [0.717, 1.165) is 12.1 Å². The van der Waals surface area contributed by atoms with E-state index in [1.165, 1.54) is 16.5 Å². The molecule has 0 fully saturated rings. The van der Waals surface area contributed by atoms with E-state index in [1.54, 1.807) is 11.3 Å². The number of aryl methyl sites for hydroxylation is 1. The highest BCUT2D eigenvalue weighted by Crippen LogP contribution is 2.15. The van der Waals surface area contributed by atoms with Crippen LogP contribution in [0.5, 0.6) is 0 Å². The van der Waals surface area contributed by atoms with E-state index in [1.807, 2.05) is 12.3 Å². The molecule has 0 atom stereocenters. The first-order valence-electron chi connectivity index (χ1n) is 7.09. The third kappa shape index (κ3) is 6.06. The molecule has 1 heterocycles. The van der Waals surface area contributed by atoms with Crippen LogP contribution in [0.15, 0.2) is 34.6 Å². The molecule has 0 amide bonds. The molecule has 2 rings (SSSR count). The van der Waals surface area contributed by atoms with Gasteiger partial charge >= 0.3 is 0 Å². The highest BCUT2D eigenvalue weighted by Gasteiger charge is 2.05. The van der Waals surface area contributed by atoms with Crippen LogP contribution in [0, 0.1) is 18.6 Å². The first-order chi connectivity index (χ1) is 10.6. The van der Waals surface area contributed by atoms with Crippen LogP contribution in [0.2, 0.25) is 0 Å². The molecule has 0 aliphatic carbocycles. The van der Waals surface area contributed by atoms with Gasteiger partial charge in [-0.3, -0.25) is 0 Å². The zero-order valence-electron chi connectivity index (χ0n) is 13.0. The van der Waals surface area contributed by atoms with Crippen molar-refractivity contribution >= 4 is 41.3 Å². The van der Waals surface area contributed by atoms with Crippen LogP contribution in [-0.4, -0.2) is 12.5 Å². The Labute approximate surface area is 156 Å². The second kappa shape index (κ2) is 9.82. The Hall–Kier alpha value is -1.22. The quantitative estimate of drug-likeness (QED) is 0.406. The molecule has 2 N–H and O–H groups in total. The van der Waals surface area contributed by atoms with Crippen LogP contribution in [0.3, 0.4) is 0 Å². The monoisotopic (exact) mass is 451 g/mol. The summed E-state index contributed by atoms with van der Waals surface area (Å²) in [6.45, 7) is 5.44. The predicted molar refractivity (Wildman–Crippen MR) is 102 cm³/mol. The van der Waals surface area contributed by atoms with Crippen molar-refractivity contribution in [2.45, 2.75) is 26.9 Å². The van der Waals surface area contributed by atoms with Gasteiger partial charge in [0.25, 0.3) is 0 Å². The van der Waals surface area contributed by atoms with E-state index in [2.05, 4.69) is 28.6 Å². The average Bonchev–Trinajstić information content (AvgIpc) is 2.90. The number of aliphatic imine (C=N–C) groups is 1. The van der Waals surface area contributed by atoms with Crippen molar-refractivity contribution in [1.29, 1.82) is 0 Å². The zero-order valence-corrected chi connectivity index (χ0v) is 16.2. The molecule has 0 radical (unpaired) electrons. The van der Waals surface area contributed by atoms with Gasteiger partial charge in [0.1, 0.15) is 11.6 Å². The summed E-state index contributed by atoms with van der Waals surface area (Å²) in [5.74, 6) is -0.326. The highest BCUT2D eigenvalue weighted by atomic mass is 127. The van der Waals surface area contributed by atoms with Gasteiger partial charge in [-0.25, -0.2) is 13.8 Å². The molecular weight excluding hydrogens is 431 g/mol. The Bertz CT molecular complexity index is 659. The Balaban J connectivity index is 0.00000264. The summed E-state index contributed by atoms with van der Waals surface area (Å²) >= 11 is 1.67. The van der Waals surface area contributed by atoms with Gasteiger partial charge in [-0.2, -0.15) is 0 Å². The van der Waals surface area contributed by atoms with Crippen LogP contribution in [0.4, 0.5) is 8.78 Å². The number of hydrogen-bond donors (Lipinski definition) is 2. The molecule has 0 aliphatic heterocycles. The van der Waals surface area contributed by atoms with E-state index in [-0.39, 0.29) is 36.1 Å². The smallest absolute Gasteiger partial charge is 0.191 e. The summed E-state index contributed by atoms with van der Waals surface area (Å²) in [5.41, 5.74) is 1.47. The second-order valence-corrected chi connectivity index (χ2v) is 5.81. The topological polar surface area (TPSA) is 36.4 Å². The minimum absolute atomic E-state index is 0. The molecule has 0 spiro atoms. The van der Waals surface area contributed by atoms with E-state index in [9.17, 15) is 8.78 Å².